The SMILES string of the molecule is CSCCC(NC(=O)C(CCSC)NC(=O)C(N)C(C)C)C(=O)NC(CCCCN)C(=O)O. The molecule has 0 aromatic carbocycles. The molecule has 4 atom stereocenters. The number of carboxylic acid groups (broad SMARTS) is 1. The summed E-state index contributed by atoms with van der Waals surface area (Å²) in [5, 5.41) is 17.4. The predicted octanol–water partition coefficient (Wildman–Crippen LogP) is 0.144. The van der Waals surface area contributed by atoms with E-state index >= 15 is 0 Å². The summed E-state index contributed by atoms with van der Waals surface area (Å²) >= 11 is 3.04. The van der Waals surface area contributed by atoms with Crippen LogP contribution in [0.15, 0.2) is 0 Å². The standard InChI is InChI=1S/C21H41N5O5S2/c1-13(2)17(23)20(29)25-15(9-12-33-4)18(27)24-14(8-11-32-3)19(28)26-16(21(30)31)7-5-6-10-22/h13-17H,5-12,22-23H2,1-4H3,(H,24,27)(H,25,29)(H,26,28)(H,30,31). The molecule has 0 heterocycles. The number of nitrogens with one attached hydrogen (secondary N) is 3. The monoisotopic (exact) mass is 507 g/mol. The number of amides is 3. The molecule has 0 rings (SSSR count). The molecule has 10 nitrogen and oxygen atoms in total. The fourth-order valence-electron chi connectivity index (χ4n) is 2.87. The van der Waals surface area contributed by atoms with E-state index in [2.05, 4.69) is 16.0 Å². The van der Waals surface area contributed by atoms with Crippen molar-refractivity contribution in [2.24, 2.45) is 17.4 Å². The maximum Gasteiger partial charge on any atom is 0.326 e. The number of nitrogens with two attached hydrogens (primary N) is 2. The predicted molar refractivity (Wildman–Crippen MR) is 135 cm³/mol. The average molecular weight is 508 g/mol. The van der Waals surface area contributed by atoms with Crippen molar-refractivity contribution in [2.45, 2.75) is 70.1 Å². The number of carboxylic acids is 1. The molecule has 12 heteroatoms. The summed E-state index contributed by atoms with van der Waals surface area (Å²) in [4.78, 5) is 49.8. The third-order valence-corrected chi connectivity index (χ3v) is 6.36. The minimum absolute atomic E-state index is 0.0958. The number of thioether (sulfide) groups is 2. The van der Waals surface area contributed by atoms with E-state index in [9.17, 15) is 24.3 Å². The van der Waals surface area contributed by atoms with Crippen LogP contribution in [0.1, 0.15) is 46.0 Å². The first kappa shape index (κ1) is 31.5. The zero-order valence-corrected chi connectivity index (χ0v) is 21.7. The Bertz CT molecular complexity index is 624. The molecule has 0 aliphatic carbocycles. The highest BCUT2D eigenvalue weighted by Crippen LogP contribution is 2.08. The first-order valence-corrected chi connectivity index (χ1v) is 13.9. The van der Waals surface area contributed by atoms with Gasteiger partial charge in [0, 0.05) is 0 Å². The zero-order valence-electron chi connectivity index (χ0n) is 20.1. The third kappa shape index (κ3) is 13.1. The number of rotatable bonds is 18. The normalized spacial score (nSPS) is 14.8. The van der Waals surface area contributed by atoms with Crippen LogP contribution < -0.4 is 27.4 Å². The van der Waals surface area contributed by atoms with Gasteiger partial charge >= 0.3 is 5.97 Å². The summed E-state index contributed by atoms with van der Waals surface area (Å²) in [5.74, 6) is -1.51. The lowest BCUT2D eigenvalue weighted by molar-refractivity contribution is -0.142. The van der Waals surface area contributed by atoms with Crippen LogP contribution in [-0.4, -0.2) is 83.5 Å². The first-order valence-electron chi connectivity index (χ1n) is 11.2. The van der Waals surface area contributed by atoms with Crippen molar-refractivity contribution in [1.82, 2.24) is 16.0 Å². The van der Waals surface area contributed by atoms with Crippen LogP contribution in [0.2, 0.25) is 0 Å². The summed E-state index contributed by atoms with van der Waals surface area (Å²) in [7, 11) is 0. The van der Waals surface area contributed by atoms with Gasteiger partial charge in [0.25, 0.3) is 0 Å². The first-order chi connectivity index (χ1) is 15.6. The van der Waals surface area contributed by atoms with Crippen molar-refractivity contribution in [2.75, 3.05) is 30.6 Å². The van der Waals surface area contributed by atoms with Gasteiger partial charge < -0.3 is 32.5 Å². The number of unbranched alkanes of at least 4 members (excludes halogenated alkanes) is 1. The molecule has 192 valence electrons. The van der Waals surface area contributed by atoms with Crippen LogP contribution in [0, 0.1) is 5.92 Å². The largest absolute Gasteiger partial charge is 0.480 e. The smallest absolute Gasteiger partial charge is 0.326 e. The van der Waals surface area contributed by atoms with E-state index in [1.54, 1.807) is 0 Å². The zero-order chi connectivity index (χ0) is 25.4. The van der Waals surface area contributed by atoms with Gasteiger partial charge in [-0.25, -0.2) is 4.79 Å². The van der Waals surface area contributed by atoms with Gasteiger partial charge in [0.2, 0.25) is 17.7 Å². The molecule has 3 amide bonds. The van der Waals surface area contributed by atoms with Gasteiger partial charge in [-0.2, -0.15) is 23.5 Å². The van der Waals surface area contributed by atoms with Crippen LogP contribution in [0.3, 0.4) is 0 Å². The van der Waals surface area contributed by atoms with Crippen molar-refractivity contribution in [3.8, 4) is 0 Å². The Morgan fingerprint density at radius 3 is 1.64 bits per heavy atom. The van der Waals surface area contributed by atoms with Crippen molar-refractivity contribution in [1.29, 1.82) is 0 Å². The summed E-state index contributed by atoms with van der Waals surface area (Å²) in [6.07, 6.45) is 5.93. The molecule has 0 fully saturated rings. The molecule has 0 saturated carbocycles. The Kier molecular flexibility index (Phi) is 17.1. The molecule has 0 aliphatic rings. The van der Waals surface area contributed by atoms with E-state index in [4.69, 9.17) is 11.5 Å². The molecule has 0 aromatic rings. The molecule has 0 aromatic heterocycles. The number of aliphatic carboxylic acids is 1. The van der Waals surface area contributed by atoms with Gasteiger partial charge in [-0.1, -0.05) is 13.8 Å². The fraction of sp³-hybridized carbons (Fsp3) is 0.810. The van der Waals surface area contributed by atoms with Crippen molar-refractivity contribution >= 4 is 47.2 Å². The minimum Gasteiger partial charge on any atom is -0.480 e. The van der Waals surface area contributed by atoms with E-state index in [0.717, 1.165) is 0 Å². The van der Waals surface area contributed by atoms with Crippen LogP contribution in [0.5, 0.6) is 0 Å². The molecule has 8 N–H and O–H groups in total. The van der Waals surface area contributed by atoms with Crippen molar-refractivity contribution < 1.29 is 24.3 Å². The highest BCUT2D eigenvalue weighted by atomic mass is 32.2. The number of hydrogen-bond donors (Lipinski definition) is 6. The van der Waals surface area contributed by atoms with Crippen molar-refractivity contribution in [3.05, 3.63) is 0 Å². The van der Waals surface area contributed by atoms with Gasteiger partial charge in [0.05, 0.1) is 6.04 Å². The van der Waals surface area contributed by atoms with E-state index in [0.29, 0.717) is 43.7 Å². The topological polar surface area (TPSA) is 177 Å². The summed E-state index contributed by atoms with van der Waals surface area (Å²) < 4.78 is 0. The molecule has 0 aliphatic heterocycles. The van der Waals surface area contributed by atoms with Gasteiger partial charge in [0.15, 0.2) is 0 Å². The highest BCUT2D eigenvalue weighted by molar-refractivity contribution is 7.98. The second-order valence-corrected chi connectivity index (χ2v) is 10.1. The quantitative estimate of drug-likeness (QED) is 0.141. The van der Waals surface area contributed by atoms with Gasteiger partial charge in [0.1, 0.15) is 18.1 Å². The summed E-state index contributed by atoms with van der Waals surface area (Å²) in [6.45, 7) is 4.07. The third-order valence-electron chi connectivity index (χ3n) is 5.07. The fourth-order valence-corrected chi connectivity index (χ4v) is 3.82. The lowest BCUT2D eigenvalue weighted by Gasteiger charge is -2.25. The Hall–Kier alpha value is -1.50. The molecular formula is C21H41N5O5S2. The van der Waals surface area contributed by atoms with E-state index in [1.807, 2.05) is 26.4 Å². The Morgan fingerprint density at radius 2 is 1.24 bits per heavy atom. The molecule has 33 heavy (non-hydrogen) atoms. The molecule has 4 unspecified atom stereocenters. The highest BCUT2D eigenvalue weighted by Gasteiger charge is 2.30. The molecule has 0 spiro atoms. The molecule has 0 radical (unpaired) electrons. The van der Waals surface area contributed by atoms with Crippen LogP contribution in [-0.2, 0) is 19.2 Å². The Morgan fingerprint density at radius 1 is 0.788 bits per heavy atom. The average Bonchev–Trinajstić information content (AvgIpc) is 2.77. The van der Waals surface area contributed by atoms with Crippen LogP contribution >= 0.6 is 23.5 Å². The van der Waals surface area contributed by atoms with E-state index < -0.39 is 47.9 Å². The van der Waals surface area contributed by atoms with E-state index in [1.165, 1.54) is 23.5 Å². The molecule has 0 saturated heterocycles. The molecule has 0 bridgehead atoms. The van der Waals surface area contributed by atoms with Gasteiger partial charge in [-0.05, 0) is 68.6 Å². The Labute approximate surface area is 205 Å². The van der Waals surface area contributed by atoms with Gasteiger partial charge in [-0.15, -0.1) is 0 Å². The summed E-state index contributed by atoms with van der Waals surface area (Å²) in [6, 6.07) is -3.59. The lowest BCUT2D eigenvalue weighted by Crippen LogP contribution is -2.57. The summed E-state index contributed by atoms with van der Waals surface area (Å²) in [5.41, 5.74) is 11.4. The van der Waals surface area contributed by atoms with E-state index in [-0.39, 0.29) is 12.3 Å². The number of carbonyl (C=O) groups excluding carboxylic acids is 3. The minimum atomic E-state index is -1.14. The molecular weight excluding hydrogens is 466 g/mol. The lowest BCUT2D eigenvalue weighted by atomic mass is 10.0. The number of carbonyl (C=O) groups is 4. The Balaban J connectivity index is 5.36. The second kappa shape index (κ2) is 17.9. The van der Waals surface area contributed by atoms with Gasteiger partial charge in [-0.3, -0.25) is 14.4 Å². The maximum absolute atomic E-state index is 13.0. The second-order valence-electron chi connectivity index (χ2n) is 8.14. The number of hydrogen-bond acceptors (Lipinski definition) is 8. The van der Waals surface area contributed by atoms with Crippen LogP contribution in [0.25, 0.3) is 0 Å². The van der Waals surface area contributed by atoms with Crippen molar-refractivity contribution in [3.63, 3.8) is 0 Å². The maximum atomic E-state index is 13.0. The van der Waals surface area contributed by atoms with Crippen LogP contribution in [0.4, 0.5) is 0 Å².